The predicted octanol–water partition coefficient (Wildman–Crippen LogP) is 2.94. The molecule has 0 spiro atoms. The molecule has 0 saturated carbocycles. The lowest BCUT2D eigenvalue weighted by atomic mass is 10.0. The summed E-state index contributed by atoms with van der Waals surface area (Å²) in [4.78, 5) is 8.65. The van der Waals surface area contributed by atoms with Crippen molar-refractivity contribution >= 4 is 15.9 Å². The monoisotopic (exact) mass is 344 g/mol. The van der Waals surface area contributed by atoms with Crippen LogP contribution in [-0.2, 0) is 13.0 Å². The van der Waals surface area contributed by atoms with Gasteiger partial charge >= 0.3 is 0 Å². The first-order valence-corrected chi connectivity index (χ1v) is 7.27. The summed E-state index contributed by atoms with van der Waals surface area (Å²) in [5.74, 6) is 1.02. The first kappa shape index (κ1) is 13.9. The summed E-state index contributed by atoms with van der Waals surface area (Å²) in [5.41, 5.74) is 8.58. The summed E-state index contributed by atoms with van der Waals surface area (Å²) in [7, 11) is 0. The number of hydrogen-bond acceptors (Lipinski definition) is 5. The van der Waals surface area contributed by atoms with Gasteiger partial charge in [0.15, 0.2) is 0 Å². The third kappa shape index (κ3) is 3.01. The molecule has 21 heavy (non-hydrogen) atoms. The van der Waals surface area contributed by atoms with Gasteiger partial charge in [0, 0.05) is 17.2 Å². The van der Waals surface area contributed by atoms with Crippen LogP contribution in [0.2, 0.25) is 0 Å². The highest BCUT2D eigenvalue weighted by Gasteiger charge is 2.13. The second-order valence-electron chi connectivity index (χ2n) is 4.50. The van der Waals surface area contributed by atoms with Crippen LogP contribution in [0.25, 0.3) is 11.5 Å². The molecule has 0 fully saturated rings. The van der Waals surface area contributed by atoms with Crippen molar-refractivity contribution in [2.75, 3.05) is 0 Å². The van der Waals surface area contributed by atoms with E-state index in [-0.39, 0.29) is 0 Å². The van der Waals surface area contributed by atoms with Crippen LogP contribution < -0.4 is 5.73 Å². The molecule has 2 aromatic heterocycles. The van der Waals surface area contributed by atoms with Crippen molar-refractivity contribution < 1.29 is 4.52 Å². The minimum absolute atomic E-state index is 0.475. The van der Waals surface area contributed by atoms with E-state index in [1.165, 1.54) is 0 Å². The summed E-state index contributed by atoms with van der Waals surface area (Å²) in [6.07, 6.45) is 2.25. The largest absolute Gasteiger partial charge is 0.339 e. The van der Waals surface area contributed by atoms with E-state index in [1.54, 1.807) is 6.20 Å². The molecule has 106 valence electrons. The normalized spacial score (nSPS) is 10.8. The second-order valence-corrected chi connectivity index (χ2v) is 5.35. The summed E-state index contributed by atoms with van der Waals surface area (Å²) in [6.45, 7) is 0.489. The van der Waals surface area contributed by atoms with E-state index < -0.39 is 0 Å². The minimum atomic E-state index is 0.475. The lowest BCUT2D eigenvalue weighted by Crippen LogP contribution is -2.02. The van der Waals surface area contributed by atoms with E-state index in [4.69, 9.17) is 10.3 Å². The smallest absolute Gasteiger partial charge is 0.231 e. The van der Waals surface area contributed by atoms with Gasteiger partial charge in [0.05, 0.1) is 6.42 Å². The van der Waals surface area contributed by atoms with Gasteiger partial charge in [-0.05, 0) is 39.2 Å². The zero-order valence-corrected chi connectivity index (χ0v) is 12.7. The Hall–Kier alpha value is -2.05. The number of aromatic nitrogens is 3. The zero-order chi connectivity index (χ0) is 14.7. The van der Waals surface area contributed by atoms with Crippen LogP contribution in [0, 0.1) is 0 Å². The molecule has 2 N–H and O–H groups in total. The summed E-state index contributed by atoms with van der Waals surface area (Å²) in [5, 5.41) is 3.99. The first-order valence-electron chi connectivity index (χ1n) is 6.48. The molecular formula is C15H13BrN4O. The van der Waals surface area contributed by atoms with Crippen molar-refractivity contribution in [3.05, 3.63) is 64.1 Å². The lowest BCUT2D eigenvalue weighted by Gasteiger charge is -2.03. The average Bonchev–Trinajstić information content (AvgIpc) is 2.96. The first-order chi connectivity index (χ1) is 10.3. The van der Waals surface area contributed by atoms with Gasteiger partial charge in [0.1, 0.15) is 5.69 Å². The molecular weight excluding hydrogens is 332 g/mol. The number of rotatable bonds is 4. The fourth-order valence-corrected chi connectivity index (χ4v) is 2.50. The van der Waals surface area contributed by atoms with Crippen LogP contribution in [0.15, 0.2) is 51.6 Å². The molecule has 0 atom stereocenters. The van der Waals surface area contributed by atoms with Gasteiger partial charge in [-0.15, -0.1) is 0 Å². The zero-order valence-electron chi connectivity index (χ0n) is 11.2. The van der Waals surface area contributed by atoms with E-state index in [1.807, 2.05) is 36.4 Å². The van der Waals surface area contributed by atoms with E-state index in [2.05, 4.69) is 31.1 Å². The standard InChI is InChI=1S/C15H13BrN4O/c16-12-6-3-7-18-14(12)15-19-13(21-20-15)8-10-4-1-2-5-11(10)9-17/h1-7H,8-9,17H2. The molecule has 0 radical (unpaired) electrons. The molecule has 6 heteroatoms. The Kier molecular flexibility index (Phi) is 4.08. The second kappa shape index (κ2) is 6.15. The Morgan fingerprint density at radius 2 is 1.90 bits per heavy atom. The van der Waals surface area contributed by atoms with Crippen LogP contribution in [0.1, 0.15) is 17.0 Å². The number of pyridine rings is 1. The van der Waals surface area contributed by atoms with Crippen molar-refractivity contribution in [1.29, 1.82) is 0 Å². The number of hydrogen-bond donors (Lipinski definition) is 1. The Morgan fingerprint density at radius 3 is 2.67 bits per heavy atom. The highest BCUT2D eigenvalue weighted by Crippen LogP contribution is 2.23. The Morgan fingerprint density at radius 1 is 1.10 bits per heavy atom. The van der Waals surface area contributed by atoms with Gasteiger partial charge in [-0.2, -0.15) is 4.98 Å². The van der Waals surface area contributed by atoms with Gasteiger partial charge in [-0.1, -0.05) is 29.4 Å². The average molecular weight is 345 g/mol. The Balaban J connectivity index is 1.87. The van der Waals surface area contributed by atoms with E-state index in [0.29, 0.717) is 30.4 Å². The van der Waals surface area contributed by atoms with Gasteiger partial charge in [-0.3, -0.25) is 4.98 Å². The molecule has 0 aliphatic rings. The Bertz CT molecular complexity index is 757. The maximum absolute atomic E-state index is 5.74. The molecule has 0 saturated heterocycles. The maximum atomic E-state index is 5.74. The quantitative estimate of drug-likeness (QED) is 0.787. The van der Waals surface area contributed by atoms with Gasteiger partial charge in [0.2, 0.25) is 11.7 Å². The van der Waals surface area contributed by atoms with Gasteiger partial charge < -0.3 is 10.3 Å². The van der Waals surface area contributed by atoms with Gasteiger partial charge in [0.25, 0.3) is 0 Å². The lowest BCUT2D eigenvalue weighted by molar-refractivity contribution is 0.385. The SMILES string of the molecule is NCc1ccccc1Cc1nc(-c2ncccc2Br)no1. The third-order valence-corrected chi connectivity index (χ3v) is 3.76. The molecule has 0 unspecified atom stereocenters. The minimum Gasteiger partial charge on any atom is -0.339 e. The van der Waals surface area contributed by atoms with Crippen molar-refractivity contribution in [2.24, 2.45) is 5.73 Å². The molecule has 1 aromatic carbocycles. The number of nitrogens with zero attached hydrogens (tertiary/aromatic N) is 3. The Labute approximate surface area is 130 Å². The number of nitrogens with two attached hydrogens (primary N) is 1. The highest BCUT2D eigenvalue weighted by atomic mass is 79.9. The van der Waals surface area contributed by atoms with Crippen LogP contribution in [0.4, 0.5) is 0 Å². The van der Waals surface area contributed by atoms with Crippen molar-refractivity contribution in [3.63, 3.8) is 0 Å². The maximum Gasteiger partial charge on any atom is 0.231 e. The van der Waals surface area contributed by atoms with Crippen LogP contribution in [0.3, 0.4) is 0 Å². The van der Waals surface area contributed by atoms with E-state index >= 15 is 0 Å². The summed E-state index contributed by atoms with van der Waals surface area (Å²) < 4.78 is 6.15. The molecule has 3 aromatic rings. The van der Waals surface area contributed by atoms with Crippen LogP contribution >= 0.6 is 15.9 Å². The van der Waals surface area contributed by atoms with E-state index in [0.717, 1.165) is 15.6 Å². The van der Waals surface area contributed by atoms with Crippen molar-refractivity contribution in [2.45, 2.75) is 13.0 Å². The third-order valence-electron chi connectivity index (χ3n) is 3.12. The molecule has 5 nitrogen and oxygen atoms in total. The molecule has 2 heterocycles. The molecule has 0 aliphatic heterocycles. The topological polar surface area (TPSA) is 77.8 Å². The van der Waals surface area contributed by atoms with Crippen LogP contribution in [0.5, 0.6) is 0 Å². The molecule has 0 bridgehead atoms. The number of halogens is 1. The molecule has 3 rings (SSSR count). The predicted molar refractivity (Wildman–Crippen MR) is 82.4 cm³/mol. The summed E-state index contributed by atoms with van der Waals surface area (Å²) >= 11 is 3.43. The molecule has 0 aliphatic carbocycles. The molecule has 0 amide bonds. The van der Waals surface area contributed by atoms with E-state index in [9.17, 15) is 0 Å². The number of benzene rings is 1. The summed E-state index contributed by atoms with van der Waals surface area (Å²) in [6, 6.07) is 11.7. The van der Waals surface area contributed by atoms with Crippen LogP contribution in [-0.4, -0.2) is 15.1 Å². The van der Waals surface area contributed by atoms with Gasteiger partial charge in [-0.25, -0.2) is 0 Å². The van der Waals surface area contributed by atoms with Crippen molar-refractivity contribution in [1.82, 2.24) is 15.1 Å². The fourth-order valence-electron chi connectivity index (χ4n) is 2.07. The highest BCUT2D eigenvalue weighted by molar-refractivity contribution is 9.10. The van der Waals surface area contributed by atoms with Crippen molar-refractivity contribution in [3.8, 4) is 11.5 Å². The fraction of sp³-hybridized carbons (Fsp3) is 0.133.